The van der Waals surface area contributed by atoms with E-state index >= 15 is 0 Å². The van der Waals surface area contributed by atoms with Crippen molar-refractivity contribution in [2.45, 2.75) is 51.9 Å². The van der Waals surface area contributed by atoms with Crippen LogP contribution in [0.4, 0.5) is 0 Å². The number of unbranched alkanes of at least 4 members (excludes halogenated alkanes) is 5. The van der Waals surface area contributed by atoms with Crippen LogP contribution in [0, 0.1) is 0 Å². The van der Waals surface area contributed by atoms with Crippen molar-refractivity contribution < 1.29 is 10.3 Å². The van der Waals surface area contributed by atoms with Gasteiger partial charge >= 0.3 is 0 Å². The standard InChI is InChI=1S/C15H23NO2/c1-2-3-4-5-6-7-9-13-10-8-11-14(12-16-18)15(13)17/h8,10-12,17-18H,2-7,9H2,1H3. The lowest BCUT2D eigenvalue weighted by molar-refractivity contribution is 0.321. The van der Waals surface area contributed by atoms with Crippen molar-refractivity contribution in [1.82, 2.24) is 0 Å². The van der Waals surface area contributed by atoms with Crippen LogP contribution in [0.25, 0.3) is 0 Å². The molecule has 0 saturated heterocycles. The Hall–Kier alpha value is -1.51. The number of para-hydroxylation sites is 1. The first-order valence-electron chi connectivity index (χ1n) is 6.78. The van der Waals surface area contributed by atoms with E-state index < -0.39 is 0 Å². The zero-order valence-electron chi connectivity index (χ0n) is 11.1. The summed E-state index contributed by atoms with van der Waals surface area (Å²) in [4.78, 5) is 0. The molecule has 3 nitrogen and oxygen atoms in total. The van der Waals surface area contributed by atoms with Crippen LogP contribution in [0.5, 0.6) is 5.75 Å². The normalized spacial score (nSPS) is 11.2. The zero-order valence-corrected chi connectivity index (χ0v) is 11.1. The number of aromatic hydroxyl groups is 1. The maximum atomic E-state index is 9.96. The van der Waals surface area contributed by atoms with E-state index in [9.17, 15) is 5.11 Å². The van der Waals surface area contributed by atoms with Gasteiger partial charge in [-0.25, -0.2) is 0 Å². The van der Waals surface area contributed by atoms with Gasteiger partial charge in [-0.15, -0.1) is 0 Å². The van der Waals surface area contributed by atoms with E-state index in [1.54, 1.807) is 6.07 Å². The van der Waals surface area contributed by atoms with E-state index in [1.807, 2.05) is 12.1 Å². The lowest BCUT2D eigenvalue weighted by Crippen LogP contribution is -1.91. The Kier molecular flexibility index (Phi) is 6.92. The molecule has 0 amide bonds. The molecule has 1 rings (SSSR count). The Labute approximate surface area is 109 Å². The average Bonchev–Trinajstić information content (AvgIpc) is 2.38. The highest BCUT2D eigenvalue weighted by molar-refractivity contribution is 5.83. The first-order chi connectivity index (χ1) is 8.79. The predicted octanol–water partition coefficient (Wildman–Crippen LogP) is 4.10. The van der Waals surface area contributed by atoms with Crippen LogP contribution < -0.4 is 0 Å². The summed E-state index contributed by atoms with van der Waals surface area (Å²) in [6, 6.07) is 5.54. The van der Waals surface area contributed by atoms with Crippen LogP contribution in [0.1, 0.15) is 56.6 Å². The monoisotopic (exact) mass is 249 g/mol. The maximum absolute atomic E-state index is 9.96. The molecule has 0 spiro atoms. The summed E-state index contributed by atoms with van der Waals surface area (Å²) in [6.45, 7) is 2.21. The van der Waals surface area contributed by atoms with Crippen molar-refractivity contribution in [3.8, 4) is 5.75 Å². The fourth-order valence-corrected chi connectivity index (χ4v) is 2.08. The Morgan fingerprint density at radius 1 is 1.11 bits per heavy atom. The average molecular weight is 249 g/mol. The van der Waals surface area contributed by atoms with Gasteiger partial charge in [0.1, 0.15) is 5.75 Å². The molecule has 0 bridgehead atoms. The van der Waals surface area contributed by atoms with Crippen LogP contribution in [-0.2, 0) is 6.42 Å². The molecule has 0 aromatic heterocycles. The van der Waals surface area contributed by atoms with Gasteiger partial charge in [-0.05, 0) is 24.5 Å². The zero-order chi connectivity index (χ0) is 13.2. The van der Waals surface area contributed by atoms with Gasteiger partial charge in [-0.1, -0.05) is 56.3 Å². The Balaban J connectivity index is 2.40. The molecule has 1 aromatic carbocycles. The van der Waals surface area contributed by atoms with E-state index in [4.69, 9.17) is 5.21 Å². The van der Waals surface area contributed by atoms with Crippen molar-refractivity contribution in [2.24, 2.45) is 5.16 Å². The summed E-state index contributed by atoms with van der Waals surface area (Å²) in [5, 5.41) is 21.4. The number of rotatable bonds is 8. The fraction of sp³-hybridized carbons (Fsp3) is 0.533. The van der Waals surface area contributed by atoms with Gasteiger partial charge in [0.25, 0.3) is 0 Å². The molecule has 0 aliphatic heterocycles. The van der Waals surface area contributed by atoms with Crippen LogP contribution in [-0.4, -0.2) is 16.5 Å². The number of phenols is 1. The van der Waals surface area contributed by atoms with Gasteiger partial charge < -0.3 is 10.3 Å². The minimum atomic E-state index is 0.240. The maximum Gasteiger partial charge on any atom is 0.127 e. The van der Waals surface area contributed by atoms with Crippen LogP contribution in [0.15, 0.2) is 23.4 Å². The molecule has 0 atom stereocenters. The largest absolute Gasteiger partial charge is 0.507 e. The molecule has 0 aliphatic rings. The molecule has 0 fully saturated rings. The molecular weight excluding hydrogens is 226 g/mol. The van der Waals surface area contributed by atoms with Gasteiger partial charge in [0.15, 0.2) is 0 Å². The van der Waals surface area contributed by atoms with Crippen molar-refractivity contribution in [2.75, 3.05) is 0 Å². The quantitative estimate of drug-likeness (QED) is 0.315. The van der Waals surface area contributed by atoms with E-state index in [1.165, 1.54) is 38.3 Å². The van der Waals surface area contributed by atoms with Crippen molar-refractivity contribution in [3.63, 3.8) is 0 Å². The van der Waals surface area contributed by atoms with Crippen molar-refractivity contribution >= 4 is 6.21 Å². The molecule has 0 heterocycles. The number of nitrogens with zero attached hydrogens (tertiary/aromatic N) is 1. The van der Waals surface area contributed by atoms with Gasteiger partial charge in [-0.3, -0.25) is 0 Å². The van der Waals surface area contributed by atoms with Crippen LogP contribution in [0.2, 0.25) is 0 Å². The molecule has 2 N–H and O–H groups in total. The Morgan fingerprint density at radius 2 is 1.83 bits per heavy atom. The SMILES string of the molecule is CCCCCCCCc1cccc(C=NO)c1O. The lowest BCUT2D eigenvalue weighted by atomic mass is 10.0. The first kappa shape index (κ1) is 14.6. The molecule has 1 aromatic rings. The summed E-state index contributed by atoms with van der Waals surface area (Å²) < 4.78 is 0. The first-order valence-corrected chi connectivity index (χ1v) is 6.78. The molecule has 3 heteroatoms. The molecule has 100 valence electrons. The highest BCUT2D eigenvalue weighted by atomic mass is 16.4. The second-order valence-corrected chi connectivity index (χ2v) is 4.62. The third-order valence-electron chi connectivity index (χ3n) is 3.15. The fourth-order valence-electron chi connectivity index (χ4n) is 2.08. The summed E-state index contributed by atoms with van der Waals surface area (Å²) in [5.74, 6) is 0.240. The van der Waals surface area contributed by atoms with Gasteiger partial charge in [0, 0.05) is 5.56 Å². The summed E-state index contributed by atoms with van der Waals surface area (Å²) in [6.07, 6.45) is 9.60. The van der Waals surface area contributed by atoms with Gasteiger partial charge in [-0.2, -0.15) is 0 Å². The van der Waals surface area contributed by atoms with E-state index in [0.29, 0.717) is 5.56 Å². The van der Waals surface area contributed by atoms with Crippen LogP contribution >= 0.6 is 0 Å². The summed E-state index contributed by atoms with van der Waals surface area (Å²) in [5.41, 5.74) is 1.50. The van der Waals surface area contributed by atoms with Gasteiger partial charge in [0.2, 0.25) is 0 Å². The Morgan fingerprint density at radius 3 is 2.56 bits per heavy atom. The van der Waals surface area contributed by atoms with E-state index in [0.717, 1.165) is 18.4 Å². The third kappa shape index (κ3) is 4.78. The number of oxime groups is 1. The van der Waals surface area contributed by atoms with Crippen LogP contribution in [0.3, 0.4) is 0 Å². The summed E-state index contributed by atoms with van der Waals surface area (Å²) in [7, 11) is 0. The molecule has 18 heavy (non-hydrogen) atoms. The number of aryl methyl sites for hydroxylation is 1. The van der Waals surface area contributed by atoms with E-state index in [2.05, 4.69) is 12.1 Å². The second kappa shape index (κ2) is 8.56. The summed E-state index contributed by atoms with van der Waals surface area (Å²) >= 11 is 0. The molecule has 0 radical (unpaired) electrons. The molecule has 0 saturated carbocycles. The van der Waals surface area contributed by atoms with E-state index in [-0.39, 0.29) is 5.75 Å². The molecule has 0 aliphatic carbocycles. The van der Waals surface area contributed by atoms with Gasteiger partial charge in [0.05, 0.1) is 6.21 Å². The highest BCUT2D eigenvalue weighted by Crippen LogP contribution is 2.23. The minimum Gasteiger partial charge on any atom is -0.507 e. The predicted molar refractivity (Wildman–Crippen MR) is 74.6 cm³/mol. The highest BCUT2D eigenvalue weighted by Gasteiger charge is 2.05. The van der Waals surface area contributed by atoms with Crippen molar-refractivity contribution in [3.05, 3.63) is 29.3 Å². The lowest BCUT2D eigenvalue weighted by Gasteiger charge is -2.06. The smallest absolute Gasteiger partial charge is 0.127 e. The second-order valence-electron chi connectivity index (χ2n) is 4.62. The number of hydrogen-bond acceptors (Lipinski definition) is 3. The number of hydrogen-bond donors (Lipinski definition) is 2. The minimum absolute atomic E-state index is 0.240. The third-order valence-corrected chi connectivity index (χ3v) is 3.15. The molecular formula is C15H23NO2. The Bertz CT molecular complexity index is 375. The molecule has 0 unspecified atom stereocenters. The topological polar surface area (TPSA) is 52.8 Å². The van der Waals surface area contributed by atoms with Crippen molar-refractivity contribution in [1.29, 1.82) is 0 Å². The number of benzene rings is 1. The number of phenolic OH excluding ortho intramolecular Hbond substituents is 1.